The molecule has 4 unspecified atom stereocenters. The first-order valence-electron chi connectivity index (χ1n) is 8.50. The molecule has 0 fully saturated rings. The third-order valence-corrected chi connectivity index (χ3v) is 4.58. The van der Waals surface area contributed by atoms with E-state index >= 15 is 0 Å². The summed E-state index contributed by atoms with van der Waals surface area (Å²) >= 11 is 0. The number of carboxylic acid groups (broad SMARTS) is 1. The van der Waals surface area contributed by atoms with E-state index in [1.165, 1.54) is 0 Å². The van der Waals surface area contributed by atoms with Gasteiger partial charge in [0.1, 0.15) is 0 Å². The van der Waals surface area contributed by atoms with E-state index in [1.807, 2.05) is 6.92 Å². The normalized spacial score (nSPS) is 16.6. The van der Waals surface area contributed by atoms with Gasteiger partial charge >= 0.3 is 5.97 Å². The molecule has 1 amide bonds. The number of carbonyl (C=O) groups excluding carboxylic acids is 1. The first kappa shape index (κ1) is 20.9. The molecule has 0 saturated carbocycles. The highest BCUT2D eigenvalue weighted by molar-refractivity contribution is 5.76. The molecule has 0 aliphatic heterocycles. The van der Waals surface area contributed by atoms with Gasteiger partial charge in [-0.1, -0.05) is 40.5 Å². The van der Waals surface area contributed by atoms with Gasteiger partial charge in [-0.05, 0) is 36.6 Å². The minimum absolute atomic E-state index is 0.00770. The molecule has 0 bridgehead atoms. The van der Waals surface area contributed by atoms with Gasteiger partial charge in [0.2, 0.25) is 5.91 Å². The smallest absolute Gasteiger partial charge is 0.303 e. The fourth-order valence-electron chi connectivity index (χ4n) is 2.87. The van der Waals surface area contributed by atoms with Crippen molar-refractivity contribution >= 4 is 11.9 Å². The summed E-state index contributed by atoms with van der Waals surface area (Å²) in [5.74, 6) is 0.172. The molecule has 5 nitrogen and oxygen atoms in total. The molecule has 22 heavy (non-hydrogen) atoms. The highest BCUT2D eigenvalue weighted by Crippen LogP contribution is 2.26. The third kappa shape index (κ3) is 9.03. The largest absolute Gasteiger partial charge is 0.481 e. The average molecular weight is 314 g/mol. The number of amides is 1. The van der Waals surface area contributed by atoms with Crippen molar-refractivity contribution in [1.82, 2.24) is 5.32 Å². The van der Waals surface area contributed by atoms with Crippen LogP contribution in [0.5, 0.6) is 0 Å². The van der Waals surface area contributed by atoms with Gasteiger partial charge in [0.25, 0.3) is 0 Å². The Kier molecular flexibility index (Phi) is 10.9. The van der Waals surface area contributed by atoms with Crippen molar-refractivity contribution in [3.63, 3.8) is 0 Å². The third-order valence-electron chi connectivity index (χ3n) is 4.58. The van der Waals surface area contributed by atoms with E-state index in [0.717, 1.165) is 19.3 Å². The summed E-state index contributed by atoms with van der Waals surface area (Å²) in [5.41, 5.74) is 5.49. The topological polar surface area (TPSA) is 92.4 Å². The van der Waals surface area contributed by atoms with E-state index in [0.29, 0.717) is 25.4 Å². The minimum Gasteiger partial charge on any atom is -0.481 e. The Balaban J connectivity index is 4.46. The van der Waals surface area contributed by atoms with Gasteiger partial charge in [0.05, 0.1) is 6.42 Å². The monoisotopic (exact) mass is 314 g/mol. The maximum atomic E-state index is 11.9. The predicted octanol–water partition coefficient (Wildman–Crippen LogP) is 2.64. The molecular weight excluding hydrogens is 280 g/mol. The van der Waals surface area contributed by atoms with Crippen molar-refractivity contribution in [1.29, 1.82) is 0 Å². The van der Waals surface area contributed by atoms with Crippen LogP contribution in [0.4, 0.5) is 0 Å². The number of hydrogen-bond acceptors (Lipinski definition) is 3. The Hall–Kier alpha value is -1.10. The van der Waals surface area contributed by atoms with Crippen molar-refractivity contribution < 1.29 is 14.7 Å². The van der Waals surface area contributed by atoms with E-state index in [4.69, 9.17) is 10.8 Å². The summed E-state index contributed by atoms with van der Waals surface area (Å²) in [5, 5.41) is 12.0. The second-order valence-electron chi connectivity index (χ2n) is 6.67. The van der Waals surface area contributed by atoms with Crippen molar-refractivity contribution in [3.8, 4) is 0 Å². The Morgan fingerprint density at radius 3 is 2.27 bits per heavy atom. The molecule has 0 radical (unpaired) electrons. The summed E-state index contributed by atoms with van der Waals surface area (Å²) in [6, 6.07) is 0. The zero-order chi connectivity index (χ0) is 17.1. The fraction of sp³-hybridized carbons (Fsp3) is 0.882. The molecule has 0 aliphatic carbocycles. The molecule has 0 aromatic carbocycles. The Bertz CT molecular complexity index is 334. The van der Waals surface area contributed by atoms with Crippen LogP contribution in [0, 0.1) is 23.7 Å². The highest BCUT2D eigenvalue weighted by atomic mass is 16.4. The van der Waals surface area contributed by atoms with Crippen LogP contribution in [0.1, 0.15) is 59.8 Å². The number of carboxylic acids is 1. The summed E-state index contributed by atoms with van der Waals surface area (Å²) in [7, 11) is 0. The van der Waals surface area contributed by atoms with Gasteiger partial charge in [-0.15, -0.1) is 0 Å². The molecule has 0 aromatic rings. The number of rotatable bonds is 12. The lowest BCUT2D eigenvalue weighted by molar-refractivity contribution is -0.139. The van der Waals surface area contributed by atoms with Crippen LogP contribution < -0.4 is 11.1 Å². The van der Waals surface area contributed by atoms with Gasteiger partial charge in [-0.2, -0.15) is 0 Å². The van der Waals surface area contributed by atoms with Crippen LogP contribution in [0.25, 0.3) is 0 Å². The molecule has 5 heteroatoms. The predicted molar refractivity (Wildman–Crippen MR) is 89.4 cm³/mol. The number of nitrogens with one attached hydrogen (secondary N) is 1. The lowest BCUT2D eigenvalue weighted by atomic mass is 9.80. The fourth-order valence-corrected chi connectivity index (χ4v) is 2.87. The second-order valence-corrected chi connectivity index (χ2v) is 6.67. The highest BCUT2D eigenvalue weighted by Gasteiger charge is 2.25. The summed E-state index contributed by atoms with van der Waals surface area (Å²) < 4.78 is 0. The molecule has 0 aromatic heterocycles. The van der Waals surface area contributed by atoms with Crippen molar-refractivity contribution in [2.45, 2.75) is 59.8 Å². The van der Waals surface area contributed by atoms with Crippen LogP contribution in [0.2, 0.25) is 0 Å². The Morgan fingerprint density at radius 1 is 1.14 bits per heavy atom. The number of carbonyl (C=O) groups is 2. The average Bonchev–Trinajstić information content (AvgIpc) is 2.42. The lowest BCUT2D eigenvalue weighted by Crippen LogP contribution is -2.35. The van der Waals surface area contributed by atoms with Crippen molar-refractivity contribution in [2.75, 3.05) is 13.1 Å². The van der Waals surface area contributed by atoms with Crippen LogP contribution in [-0.4, -0.2) is 30.1 Å². The van der Waals surface area contributed by atoms with Gasteiger partial charge in [-0.25, -0.2) is 0 Å². The van der Waals surface area contributed by atoms with E-state index in [9.17, 15) is 9.59 Å². The first-order chi connectivity index (χ1) is 10.3. The SMILES string of the molecule is CCCC(C)C(C)C(CNC(=O)CC(C)CCN)CC(=O)O. The lowest BCUT2D eigenvalue weighted by Gasteiger charge is -2.28. The molecule has 0 spiro atoms. The number of aliphatic carboxylic acids is 1. The molecular formula is C17H34N2O3. The van der Waals surface area contributed by atoms with Crippen LogP contribution in [-0.2, 0) is 9.59 Å². The van der Waals surface area contributed by atoms with Crippen LogP contribution >= 0.6 is 0 Å². The van der Waals surface area contributed by atoms with Crippen LogP contribution in [0.3, 0.4) is 0 Å². The van der Waals surface area contributed by atoms with Gasteiger partial charge in [0.15, 0.2) is 0 Å². The molecule has 0 saturated heterocycles. The zero-order valence-corrected chi connectivity index (χ0v) is 14.6. The van der Waals surface area contributed by atoms with E-state index < -0.39 is 5.97 Å². The molecule has 130 valence electrons. The summed E-state index contributed by atoms with van der Waals surface area (Å²) in [6.45, 7) is 9.42. The Labute approximate surface area is 135 Å². The second kappa shape index (κ2) is 11.5. The maximum Gasteiger partial charge on any atom is 0.303 e. The molecule has 4 N–H and O–H groups in total. The Morgan fingerprint density at radius 2 is 1.77 bits per heavy atom. The van der Waals surface area contributed by atoms with Gasteiger partial charge in [0, 0.05) is 13.0 Å². The maximum absolute atomic E-state index is 11.9. The van der Waals surface area contributed by atoms with Crippen LogP contribution in [0.15, 0.2) is 0 Å². The molecule has 0 heterocycles. The standard InChI is InChI=1S/C17H34N2O3/c1-5-6-13(3)14(4)15(10-17(21)22)11-19-16(20)9-12(2)7-8-18/h12-15H,5-11,18H2,1-4H3,(H,19,20)(H,21,22). The van der Waals surface area contributed by atoms with Gasteiger partial charge in [-0.3, -0.25) is 9.59 Å². The quantitative estimate of drug-likeness (QED) is 0.516. The number of hydrogen-bond donors (Lipinski definition) is 3. The zero-order valence-electron chi connectivity index (χ0n) is 14.6. The van der Waals surface area contributed by atoms with Crippen molar-refractivity contribution in [2.24, 2.45) is 29.4 Å². The van der Waals surface area contributed by atoms with E-state index in [1.54, 1.807) is 0 Å². The minimum atomic E-state index is -0.800. The summed E-state index contributed by atoms with van der Waals surface area (Å²) in [6.07, 6.45) is 3.56. The van der Waals surface area contributed by atoms with E-state index in [-0.39, 0.29) is 30.1 Å². The molecule has 0 rings (SSSR count). The van der Waals surface area contributed by atoms with Gasteiger partial charge < -0.3 is 16.2 Å². The number of nitrogens with two attached hydrogens (primary N) is 1. The summed E-state index contributed by atoms with van der Waals surface area (Å²) in [4.78, 5) is 23.0. The molecule has 0 aliphatic rings. The van der Waals surface area contributed by atoms with Crippen molar-refractivity contribution in [3.05, 3.63) is 0 Å². The first-order valence-corrected chi connectivity index (χ1v) is 8.50. The van der Waals surface area contributed by atoms with E-state index in [2.05, 4.69) is 26.1 Å². The molecule has 4 atom stereocenters.